The first kappa shape index (κ1) is 28.4. The summed E-state index contributed by atoms with van der Waals surface area (Å²) in [5.74, 6) is 0.369. The molecule has 1 atom stereocenters. The van der Waals surface area contributed by atoms with Gasteiger partial charge in [0.15, 0.2) is 0 Å². The second-order valence-electron chi connectivity index (χ2n) is 9.84. The van der Waals surface area contributed by atoms with Crippen LogP contribution >= 0.6 is 0 Å². The van der Waals surface area contributed by atoms with Gasteiger partial charge in [-0.05, 0) is 34.1 Å². The normalized spacial score (nSPS) is 11.5. The van der Waals surface area contributed by atoms with Crippen molar-refractivity contribution in [2.45, 2.75) is 32.5 Å². The maximum Gasteiger partial charge on any atom is 0.0795 e. The minimum Gasteiger partial charge on any atom is -0.305 e. The Hall–Kier alpha value is -3.17. The van der Waals surface area contributed by atoms with E-state index in [0.29, 0.717) is 5.92 Å². The van der Waals surface area contributed by atoms with Crippen LogP contribution in [0.3, 0.4) is 0 Å². The molecule has 3 aromatic carbocycles. The van der Waals surface area contributed by atoms with E-state index in [1.54, 1.807) is 0 Å². The van der Waals surface area contributed by atoms with Crippen LogP contribution in [-0.4, -0.2) is 18.0 Å². The van der Waals surface area contributed by atoms with Crippen molar-refractivity contribution in [1.82, 2.24) is 9.97 Å². The van der Waals surface area contributed by atoms with E-state index in [4.69, 9.17) is 0 Å². The Labute approximate surface area is 236 Å². The number of aromatic nitrogens is 2. The van der Waals surface area contributed by atoms with Gasteiger partial charge < -0.3 is 9.97 Å². The summed E-state index contributed by atoms with van der Waals surface area (Å²) in [5, 5.41) is 1.40. The van der Waals surface area contributed by atoms with Crippen LogP contribution in [0.1, 0.15) is 24.0 Å². The number of pyridine rings is 2. The van der Waals surface area contributed by atoms with Crippen LogP contribution in [0.5, 0.6) is 0 Å². The van der Waals surface area contributed by atoms with Gasteiger partial charge in [0, 0.05) is 32.5 Å². The summed E-state index contributed by atoms with van der Waals surface area (Å²) in [4.78, 5) is 8.91. The molecular formula is C33H32IrN2Si-2. The molecular weight excluding hydrogens is 645 g/mol. The minimum absolute atomic E-state index is 0. The number of hydrogen-bond donors (Lipinski definition) is 0. The molecule has 1 radical (unpaired) electrons. The van der Waals surface area contributed by atoms with Crippen molar-refractivity contribution < 1.29 is 20.1 Å². The van der Waals surface area contributed by atoms with Crippen LogP contribution in [0.4, 0.5) is 0 Å². The van der Waals surface area contributed by atoms with E-state index in [9.17, 15) is 0 Å². The largest absolute Gasteiger partial charge is 0.305 e. The first-order chi connectivity index (χ1) is 17.4. The van der Waals surface area contributed by atoms with Gasteiger partial charge in [-0.1, -0.05) is 81.2 Å². The van der Waals surface area contributed by atoms with E-state index >= 15 is 0 Å². The predicted molar refractivity (Wildman–Crippen MR) is 154 cm³/mol. The Morgan fingerprint density at radius 2 is 1.35 bits per heavy atom. The SMILES string of the molecule is CC(c1ccccc1)c1cc[c-]c(-c2ccccn2)c1.C[Si](C)(C)c1ccc(-c2[c-]cccc2)nc1.[Ir]. The fourth-order valence-corrected chi connectivity index (χ4v) is 4.94. The summed E-state index contributed by atoms with van der Waals surface area (Å²) in [6.45, 7) is 9.22. The van der Waals surface area contributed by atoms with E-state index in [1.807, 2.05) is 67.0 Å². The molecule has 0 fully saturated rings. The maximum atomic E-state index is 4.52. The van der Waals surface area contributed by atoms with Crippen LogP contribution in [0.25, 0.3) is 22.5 Å². The zero-order chi connectivity index (χ0) is 25.4. The molecule has 0 saturated carbocycles. The molecule has 2 heterocycles. The molecule has 2 aromatic heterocycles. The van der Waals surface area contributed by atoms with Crippen LogP contribution < -0.4 is 5.19 Å². The van der Waals surface area contributed by atoms with Crippen molar-refractivity contribution in [3.8, 4) is 22.5 Å². The molecule has 1 unspecified atom stereocenters. The molecule has 37 heavy (non-hydrogen) atoms. The molecule has 0 saturated heterocycles. The molecule has 2 nitrogen and oxygen atoms in total. The average Bonchev–Trinajstić information content (AvgIpc) is 2.94. The van der Waals surface area contributed by atoms with E-state index in [-0.39, 0.29) is 20.1 Å². The standard InChI is InChI=1S/C19H16N.C14H16NSi.Ir/c1-15(16-8-3-2-4-9-16)17-10-7-11-18(14-17)19-12-5-6-13-20-19;1-16(2,3)13-9-10-14(15-11-13)12-7-5-4-6-8-12;/h2-10,12-15H,1H3;4-7,9-11H,1-3H3;/q2*-1;. The zero-order valence-corrected chi connectivity index (χ0v) is 25.2. The van der Waals surface area contributed by atoms with E-state index < -0.39 is 8.07 Å². The molecule has 4 heteroatoms. The summed E-state index contributed by atoms with van der Waals surface area (Å²) in [5.41, 5.74) is 6.69. The van der Waals surface area contributed by atoms with Crippen molar-refractivity contribution in [1.29, 1.82) is 0 Å². The molecule has 0 aliphatic heterocycles. The fraction of sp³-hybridized carbons (Fsp3) is 0.152. The molecule has 5 aromatic rings. The van der Waals surface area contributed by atoms with Crippen molar-refractivity contribution in [3.63, 3.8) is 0 Å². The third-order valence-electron chi connectivity index (χ3n) is 6.18. The van der Waals surface area contributed by atoms with Gasteiger partial charge in [0.25, 0.3) is 0 Å². The second-order valence-corrected chi connectivity index (χ2v) is 14.9. The van der Waals surface area contributed by atoms with Gasteiger partial charge in [-0.2, -0.15) is 0 Å². The molecule has 0 aliphatic rings. The van der Waals surface area contributed by atoms with Crippen LogP contribution in [0.15, 0.2) is 116 Å². The molecule has 189 valence electrons. The molecule has 0 bridgehead atoms. The Morgan fingerprint density at radius 1 is 0.649 bits per heavy atom. The van der Waals surface area contributed by atoms with E-state index in [0.717, 1.165) is 22.5 Å². The topological polar surface area (TPSA) is 25.8 Å². The quantitative estimate of drug-likeness (QED) is 0.140. The van der Waals surface area contributed by atoms with Crippen molar-refractivity contribution in [2.24, 2.45) is 0 Å². The summed E-state index contributed by atoms with van der Waals surface area (Å²) in [6.07, 6.45) is 3.83. The van der Waals surface area contributed by atoms with Crippen molar-refractivity contribution >= 4 is 13.3 Å². The van der Waals surface area contributed by atoms with Gasteiger partial charge >= 0.3 is 0 Å². The second kappa shape index (κ2) is 13.4. The molecule has 0 amide bonds. The van der Waals surface area contributed by atoms with Gasteiger partial charge in [-0.25, -0.2) is 0 Å². The molecule has 0 aliphatic carbocycles. The van der Waals surface area contributed by atoms with Gasteiger partial charge in [-0.15, -0.1) is 71.3 Å². The van der Waals surface area contributed by atoms with Gasteiger partial charge in [0.2, 0.25) is 0 Å². The third kappa shape index (κ3) is 7.90. The van der Waals surface area contributed by atoms with Crippen LogP contribution in [0, 0.1) is 12.1 Å². The molecule has 0 spiro atoms. The fourth-order valence-electron chi connectivity index (χ4n) is 3.91. The van der Waals surface area contributed by atoms with Gasteiger partial charge in [-0.3, -0.25) is 0 Å². The Bertz CT molecular complexity index is 1350. The first-order valence-corrected chi connectivity index (χ1v) is 15.8. The Morgan fingerprint density at radius 3 is 1.97 bits per heavy atom. The summed E-state index contributed by atoms with van der Waals surface area (Å²) in [6, 6.07) is 41.5. The number of nitrogens with zero attached hydrogens (tertiary/aromatic N) is 2. The van der Waals surface area contributed by atoms with Crippen molar-refractivity contribution in [2.75, 3.05) is 0 Å². The number of hydrogen-bond acceptors (Lipinski definition) is 2. The Kier molecular flexibility index (Phi) is 10.3. The monoisotopic (exact) mass is 677 g/mol. The average molecular weight is 677 g/mol. The van der Waals surface area contributed by atoms with E-state index in [2.05, 4.69) is 97.2 Å². The minimum atomic E-state index is -1.23. The first-order valence-electron chi connectivity index (χ1n) is 12.3. The zero-order valence-electron chi connectivity index (χ0n) is 21.8. The summed E-state index contributed by atoms with van der Waals surface area (Å²) >= 11 is 0. The van der Waals surface area contributed by atoms with Gasteiger partial charge in [0.1, 0.15) is 0 Å². The van der Waals surface area contributed by atoms with Crippen LogP contribution in [-0.2, 0) is 20.1 Å². The molecule has 0 N–H and O–H groups in total. The number of rotatable bonds is 5. The van der Waals surface area contributed by atoms with E-state index in [1.165, 1.54) is 16.3 Å². The number of benzene rings is 3. The van der Waals surface area contributed by atoms with Gasteiger partial charge in [0.05, 0.1) is 8.07 Å². The third-order valence-corrected chi connectivity index (χ3v) is 8.21. The smallest absolute Gasteiger partial charge is 0.0795 e. The Balaban J connectivity index is 0.000000205. The molecule has 5 rings (SSSR count). The van der Waals surface area contributed by atoms with Crippen LogP contribution in [0.2, 0.25) is 19.6 Å². The summed E-state index contributed by atoms with van der Waals surface area (Å²) in [7, 11) is -1.23. The summed E-state index contributed by atoms with van der Waals surface area (Å²) < 4.78 is 0. The maximum absolute atomic E-state index is 4.52. The van der Waals surface area contributed by atoms with Crippen molar-refractivity contribution in [3.05, 3.63) is 139 Å². The predicted octanol–water partition coefficient (Wildman–Crippen LogP) is 7.79.